The van der Waals surface area contributed by atoms with Gasteiger partial charge in [0.25, 0.3) is 0 Å². The van der Waals surface area contributed by atoms with E-state index in [0.29, 0.717) is 0 Å². The fourth-order valence-electron chi connectivity index (χ4n) is 0.898. The number of nitrogens with zero attached hydrogens (tertiary/aromatic N) is 3. The van der Waals surface area contributed by atoms with E-state index < -0.39 is 0 Å². The van der Waals surface area contributed by atoms with Gasteiger partial charge in [-0.1, -0.05) is 5.21 Å². The van der Waals surface area contributed by atoms with Gasteiger partial charge >= 0.3 is 0 Å². The first-order valence-corrected chi connectivity index (χ1v) is 2.92. The highest BCUT2D eigenvalue weighted by atomic mass is 15.4. The second-order valence-corrected chi connectivity index (χ2v) is 1.98. The minimum atomic E-state index is 0.922. The summed E-state index contributed by atoms with van der Waals surface area (Å²) in [4.78, 5) is 0. The van der Waals surface area contributed by atoms with Gasteiger partial charge < -0.3 is 5.32 Å². The van der Waals surface area contributed by atoms with Crippen LogP contribution in [0.5, 0.6) is 0 Å². The van der Waals surface area contributed by atoms with Gasteiger partial charge in [-0.3, -0.25) is 0 Å². The van der Waals surface area contributed by atoms with Crippen LogP contribution in [0.3, 0.4) is 0 Å². The molecule has 0 amide bonds. The van der Waals surface area contributed by atoms with Crippen LogP contribution in [0.2, 0.25) is 0 Å². The van der Waals surface area contributed by atoms with Crippen LogP contribution in [0.15, 0.2) is 6.20 Å². The van der Waals surface area contributed by atoms with Gasteiger partial charge in [0.2, 0.25) is 0 Å². The average Bonchev–Trinajstić information content (AvgIpc) is 2.33. The quantitative estimate of drug-likeness (QED) is 0.500. The van der Waals surface area contributed by atoms with Crippen LogP contribution in [0.25, 0.3) is 0 Å². The molecule has 1 aliphatic heterocycles. The summed E-state index contributed by atoms with van der Waals surface area (Å²) < 4.78 is 1.87. The summed E-state index contributed by atoms with van der Waals surface area (Å²) >= 11 is 0. The Hall–Kier alpha value is -0.900. The van der Waals surface area contributed by atoms with Crippen LogP contribution in [-0.4, -0.2) is 21.5 Å². The fourth-order valence-corrected chi connectivity index (χ4v) is 0.898. The van der Waals surface area contributed by atoms with E-state index in [1.807, 2.05) is 11.2 Å². The molecule has 0 bridgehead atoms. The maximum Gasteiger partial charge on any atom is 0.0777 e. The summed E-state index contributed by atoms with van der Waals surface area (Å²) in [7, 11) is 0. The molecule has 4 nitrogen and oxygen atoms in total. The lowest BCUT2D eigenvalue weighted by molar-refractivity contribution is 0.519. The first kappa shape index (κ1) is 4.93. The largest absolute Gasteiger partial charge is 0.305 e. The van der Waals surface area contributed by atoms with Gasteiger partial charge in [-0.15, -0.1) is 5.10 Å². The van der Waals surface area contributed by atoms with Gasteiger partial charge in [0.05, 0.1) is 25.0 Å². The molecule has 0 saturated carbocycles. The SMILES string of the molecule is [CH]1NCCn2nncc21. The maximum absolute atomic E-state index is 3.85. The van der Waals surface area contributed by atoms with Gasteiger partial charge in [-0.05, 0) is 0 Å². The third-order valence-corrected chi connectivity index (χ3v) is 1.37. The minimum Gasteiger partial charge on any atom is -0.305 e. The molecule has 1 aliphatic rings. The number of aromatic nitrogens is 3. The number of hydrogen-bond acceptors (Lipinski definition) is 3. The molecule has 4 heteroatoms. The van der Waals surface area contributed by atoms with E-state index in [1.165, 1.54) is 0 Å². The smallest absolute Gasteiger partial charge is 0.0777 e. The predicted molar refractivity (Wildman–Crippen MR) is 31.4 cm³/mol. The Morgan fingerprint density at radius 3 is 3.56 bits per heavy atom. The molecular formula is C5H7N4. The molecule has 1 aromatic heterocycles. The summed E-state index contributed by atoms with van der Waals surface area (Å²) in [6, 6.07) is 0. The first-order chi connectivity index (χ1) is 4.47. The van der Waals surface area contributed by atoms with Crippen molar-refractivity contribution in [2.24, 2.45) is 0 Å². The Balaban J connectivity index is 2.39. The van der Waals surface area contributed by atoms with Crippen molar-refractivity contribution in [3.63, 3.8) is 0 Å². The Morgan fingerprint density at radius 1 is 1.67 bits per heavy atom. The van der Waals surface area contributed by atoms with Gasteiger partial charge in [-0.25, -0.2) is 4.68 Å². The van der Waals surface area contributed by atoms with Gasteiger partial charge in [0.1, 0.15) is 0 Å². The Labute approximate surface area is 52.9 Å². The molecule has 0 aromatic carbocycles. The van der Waals surface area contributed by atoms with Gasteiger partial charge in [-0.2, -0.15) is 0 Å². The van der Waals surface area contributed by atoms with Crippen molar-refractivity contribution in [3.8, 4) is 0 Å². The van der Waals surface area contributed by atoms with Gasteiger partial charge in [0, 0.05) is 6.54 Å². The molecule has 0 saturated heterocycles. The average molecular weight is 123 g/mol. The van der Waals surface area contributed by atoms with E-state index in [2.05, 4.69) is 15.6 Å². The normalized spacial score (nSPS) is 17.3. The molecule has 2 rings (SSSR count). The lowest BCUT2D eigenvalue weighted by Crippen LogP contribution is -2.26. The number of fused-ring (bicyclic) bond motifs is 1. The Morgan fingerprint density at radius 2 is 2.67 bits per heavy atom. The van der Waals surface area contributed by atoms with Crippen molar-refractivity contribution in [3.05, 3.63) is 18.4 Å². The van der Waals surface area contributed by atoms with Crippen molar-refractivity contribution < 1.29 is 0 Å². The highest BCUT2D eigenvalue weighted by Crippen LogP contribution is 2.00. The highest BCUT2D eigenvalue weighted by molar-refractivity contribution is 5.07. The van der Waals surface area contributed by atoms with Crippen LogP contribution in [0.4, 0.5) is 0 Å². The van der Waals surface area contributed by atoms with Gasteiger partial charge in [0.15, 0.2) is 0 Å². The summed E-state index contributed by atoms with van der Waals surface area (Å²) in [6.07, 6.45) is 1.74. The van der Waals surface area contributed by atoms with Crippen LogP contribution >= 0.6 is 0 Å². The van der Waals surface area contributed by atoms with Crippen LogP contribution in [-0.2, 0) is 6.54 Å². The van der Waals surface area contributed by atoms with Crippen molar-refractivity contribution >= 4 is 0 Å². The lowest BCUT2D eigenvalue weighted by atomic mass is 10.4. The van der Waals surface area contributed by atoms with E-state index in [1.54, 1.807) is 6.20 Å². The molecule has 0 atom stereocenters. The zero-order chi connectivity index (χ0) is 6.10. The number of hydrogen-bond donors (Lipinski definition) is 1. The van der Waals surface area contributed by atoms with Crippen molar-refractivity contribution in [1.29, 1.82) is 0 Å². The summed E-state index contributed by atoms with van der Waals surface area (Å²) in [5, 5.41) is 10.7. The highest BCUT2D eigenvalue weighted by Gasteiger charge is 2.07. The van der Waals surface area contributed by atoms with Crippen molar-refractivity contribution in [1.82, 2.24) is 20.3 Å². The fraction of sp³-hybridized carbons (Fsp3) is 0.400. The van der Waals surface area contributed by atoms with Crippen molar-refractivity contribution in [2.75, 3.05) is 6.54 Å². The second-order valence-electron chi connectivity index (χ2n) is 1.98. The van der Waals surface area contributed by atoms with E-state index in [-0.39, 0.29) is 0 Å². The molecule has 9 heavy (non-hydrogen) atoms. The molecule has 0 aliphatic carbocycles. The third-order valence-electron chi connectivity index (χ3n) is 1.37. The maximum atomic E-state index is 3.85. The molecular weight excluding hydrogens is 116 g/mol. The predicted octanol–water partition coefficient (Wildman–Crippen LogP) is -0.609. The second kappa shape index (κ2) is 1.80. The third kappa shape index (κ3) is 0.712. The number of nitrogens with one attached hydrogen (secondary N) is 1. The molecule has 1 N–H and O–H groups in total. The van der Waals surface area contributed by atoms with E-state index in [9.17, 15) is 0 Å². The monoisotopic (exact) mass is 123 g/mol. The summed E-state index contributed by atoms with van der Waals surface area (Å²) in [5.74, 6) is 0. The standard InChI is InChI=1S/C5H7N4/c1-2-9-5(3-6-1)4-7-8-9/h3-4,6H,1-2H2. The molecule has 0 spiro atoms. The van der Waals surface area contributed by atoms with Crippen LogP contribution in [0, 0.1) is 6.54 Å². The Bertz CT molecular complexity index is 184. The van der Waals surface area contributed by atoms with Crippen molar-refractivity contribution in [2.45, 2.75) is 6.54 Å². The molecule has 0 fully saturated rings. The van der Waals surface area contributed by atoms with Crippen LogP contribution < -0.4 is 5.32 Å². The lowest BCUT2D eigenvalue weighted by Gasteiger charge is -2.11. The zero-order valence-corrected chi connectivity index (χ0v) is 4.91. The van der Waals surface area contributed by atoms with E-state index in [4.69, 9.17) is 0 Å². The van der Waals surface area contributed by atoms with E-state index in [0.717, 1.165) is 18.8 Å². The summed E-state index contributed by atoms with van der Waals surface area (Å²) in [5.41, 5.74) is 1.06. The molecule has 1 radical (unpaired) electrons. The molecule has 1 aromatic rings. The van der Waals surface area contributed by atoms with Crippen LogP contribution in [0.1, 0.15) is 5.69 Å². The molecule has 47 valence electrons. The molecule has 0 unspecified atom stereocenters. The zero-order valence-electron chi connectivity index (χ0n) is 4.91. The number of rotatable bonds is 0. The first-order valence-electron chi connectivity index (χ1n) is 2.92. The minimum absolute atomic E-state index is 0.922. The van der Waals surface area contributed by atoms with E-state index >= 15 is 0 Å². The molecule has 2 heterocycles. The Kier molecular flexibility index (Phi) is 0.989. The summed E-state index contributed by atoms with van der Waals surface area (Å²) in [6.45, 7) is 3.80. The topological polar surface area (TPSA) is 42.7 Å².